The number of hydrogen-bond acceptors (Lipinski definition) is 4. The molecule has 1 amide bonds. The summed E-state index contributed by atoms with van der Waals surface area (Å²) in [5.74, 6) is -0.200. The highest BCUT2D eigenvalue weighted by Gasteiger charge is 2.31. The molecule has 0 bridgehead atoms. The Bertz CT molecular complexity index is 823. The number of carbonyl (C=O) groups excluding carboxylic acids is 1. The maximum absolute atomic E-state index is 13.2. The van der Waals surface area contributed by atoms with Crippen LogP contribution in [0.5, 0.6) is 11.5 Å². The van der Waals surface area contributed by atoms with Crippen molar-refractivity contribution in [3.8, 4) is 11.5 Å². The van der Waals surface area contributed by atoms with E-state index in [9.17, 15) is 19.4 Å². The Labute approximate surface area is 165 Å². The molecule has 1 saturated heterocycles. The van der Waals surface area contributed by atoms with E-state index in [2.05, 4.69) is 18.7 Å². The third-order valence-corrected chi connectivity index (χ3v) is 5.29. The van der Waals surface area contributed by atoms with Crippen molar-refractivity contribution in [1.82, 2.24) is 9.80 Å². The van der Waals surface area contributed by atoms with Gasteiger partial charge in [0.2, 0.25) is 5.91 Å². The minimum Gasteiger partial charge on any atom is -0.504 e. The number of hydrogen-bond donors (Lipinski definition) is 2. The van der Waals surface area contributed by atoms with E-state index < -0.39 is 0 Å². The molecule has 0 unspecified atom stereocenters. The van der Waals surface area contributed by atoms with Crippen molar-refractivity contribution in [1.29, 1.82) is 0 Å². The van der Waals surface area contributed by atoms with Gasteiger partial charge in [0.15, 0.2) is 11.5 Å². The number of nitrogens with zero attached hydrogens (tertiary/aromatic N) is 2. The third-order valence-electron chi connectivity index (χ3n) is 5.29. The Hall–Kier alpha value is -2.60. The summed E-state index contributed by atoms with van der Waals surface area (Å²) in [7, 11) is 0. The molecule has 1 fully saturated rings. The zero-order chi connectivity index (χ0) is 20.3. The molecule has 0 aromatic heterocycles. The van der Waals surface area contributed by atoms with Crippen molar-refractivity contribution in [2.75, 3.05) is 13.1 Å². The molecule has 2 aromatic carbocycles. The lowest BCUT2D eigenvalue weighted by atomic mass is 10.0. The molecule has 1 atom stereocenters. The van der Waals surface area contributed by atoms with Gasteiger partial charge in [0.05, 0.1) is 0 Å². The zero-order valence-corrected chi connectivity index (χ0v) is 16.3. The standard InChI is InChI=1S/C22H27FN2O3/c1-15(2)19-14-24(12-17-5-8-20(26)21(27)11-17)10-9-22(28)25(19)13-16-3-6-18(23)7-4-16/h3-8,11,15,19,26-27H,9-10,12-14H2,1-2H3/t19-/m0/s1. The third kappa shape index (κ3) is 4.81. The Kier molecular flexibility index (Phi) is 6.19. The first kappa shape index (κ1) is 20.1. The second kappa shape index (κ2) is 8.61. The Balaban J connectivity index is 1.77. The van der Waals surface area contributed by atoms with Crippen LogP contribution < -0.4 is 0 Å². The Morgan fingerprint density at radius 1 is 1.04 bits per heavy atom. The van der Waals surface area contributed by atoms with Gasteiger partial charge in [0, 0.05) is 38.6 Å². The lowest BCUT2D eigenvalue weighted by Gasteiger charge is -2.35. The monoisotopic (exact) mass is 386 g/mol. The smallest absolute Gasteiger partial charge is 0.224 e. The Morgan fingerprint density at radius 2 is 1.71 bits per heavy atom. The summed E-state index contributed by atoms with van der Waals surface area (Å²) in [6, 6.07) is 11.1. The van der Waals surface area contributed by atoms with Crippen LogP contribution in [0.15, 0.2) is 42.5 Å². The first-order valence-corrected chi connectivity index (χ1v) is 9.60. The fourth-order valence-electron chi connectivity index (χ4n) is 3.67. The summed E-state index contributed by atoms with van der Waals surface area (Å²) in [6.45, 7) is 6.61. The van der Waals surface area contributed by atoms with Gasteiger partial charge in [-0.15, -0.1) is 0 Å². The van der Waals surface area contributed by atoms with Gasteiger partial charge in [-0.2, -0.15) is 0 Å². The highest BCUT2D eigenvalue weighted by Crippen LogP contribution is 2.27. The number of benzene rings is 2. The molecule has 0 spiro atoms. The number of rotatable bonds is 5. The second-order valence-corrected chi connectivity index (χ2v) is 7.77. The summed E-state index contributed by atoms with van der Waals surface area (Å²) < 4.78 is 13.2. The van der Waals surface area contributed by atoms with Crippen molar-refractivity contribution >= 4 is 5.91 Å². The van der Waals surface area contributed by atoms with Gasteiger partial charge in [0.1, 0.15) is 5.82 Å². The van der Waals surface area contributed by atoms with E-state index in [4.69, 9.17) is 0 Å². The molecular formula is C22H27FN2O3. The maximum Gasteiger partial charge on any atom is 0.224 e. The lowest BCUT2D eigenvalue weighted by molar-refractivity contribution is -0.134. The highest BCUT2D eigenvalue weighted by atomic mass is 19.1. The SMILES string of the molecule is CC(C)[C@@H]1CN(Cc2ccc(O)c(O)c2)CCC(=O)N1Cc1ccc(F)cc1. The van der Waals surface area contributed by atoms with Crippen molar-refractivity contribution in [3.63, 3.8) is 0 Å². The molecule has 28 heavy (non-hydrogen) atoms. The largest absolute Gasteiger partial charge is 0.504 e. The molecule has 0 saturated carbocycles. The number of amides is 1. The Morgan fingerprint density at radius 3 is 2.36 bits per heavy atom. The van der Waals surface area contributed by atoms with Crippen LogP contribution in [0.4, 0.5) is 4.39 Å². The molecule has 2 aromatic rings. The summed E-state index contributed by atoms with van der Waals surface area (Å²) in [5, 5.41) is 19.2. The van der Waals surface area contributed by atoms with Crippen LogP contribution in [0.1, 0.15) is 31.4 Å². The number of phenols is 2. The molecule has 0 radical (unpaired) electrons. The second-order valence-electron chi connectivity index (χ2n) is 7.77. The highest BCUT2D eigenvalue weighted by molar-refractivity contribution is 5.77. The summed E-state index contributed by atoms with van der Waals surface area (Å²) >= 11 is 0. The average Bonchev–Trinajstić information content (AvgIpc) is 2.80. The van der Waals surface area contributed by atoms with Crippen LogP contribution in [-0.4, -0.2) is 45.1 Å². The fraction of sp³-hybridized carbons (Fsp3) is 0.409. The fourth-order valence-corrected chi connectivity index (χ4v) is 3.67. The maximum atomic E-state index is 13.2. The zero-order valence-electron chi connectivity index (χ0n) is 16.3. The van der Waals surface area contributed by atoms with Gasteiger partial charge in [-0.05, 0) is 41.3 Å². The molecular weight excluding hydrogens is 359 g/mol. The van der Waals surface area contributed by atoms with E-state index in [1.54, 1.807) is 24.3 Å². The van der Waals surface area contributed by atoms with Crippen LogP contribution in [0.25, 0.3) is 0 Å². The quantitative estimate of drug-likeness (QED) is 0.772. The summed E-state index contributed by atoms with van der Waals surface area (Å²) in [4.78, 5) is 17.0. The molecule has 5 nitrogen and oxygen atoms in total. The molecule has 3 rings (SSSR count). The summed E-state index contributed by atoms with van der Waals surface area (Å²) in [6.07, 6.45) is 0.411. The predicted octanol–water partition coefficient (Wildman–Crippen LogP) is 3.50. The molecule has 0 aliphatic carbocycles. The van der Waals surface area contributed by atoms with E-state index >= 15 is 0 Å². The molecule has 6 heteroatoms. The van der Waals surface area contributed by atoms with Crippen LogP contribution in [0.2, 0.25) is 0 Å². The number of phenolic OH excluding ortho intramolecular Hbond substituents is 2. The first-order chi connectivity index (χ1) is 13.3. The van der Waals surface area contributed by atoms with E-state index in [1.165, 1.54) is 18.2 Å². The van der Waals surface area contributed by atoms with Crippen molar-refractivity contribution < 1.29 is 19.4 Å². The van der Waals surface area contributed by atoms with Gasteiger partial charge >= 0.3 is 0 Å². The normalized spacial score (nSPS) is 18.5. The molecule has 1 aliphatic rings. The van der Waals surface area contributed by atoms with Gasteiger partial charge < -0.3 is 15.1 Å². The van der Waals surface area contributed by atoms with Crippen LogP contribution in [-0.2, 0) is 17.9 Å². The van der Waals surface area contributed by atoms with Crippen molar-refractivity contribution in [2.45, 2.75) is 39.4 Å². The molecule has 1 heterocycles. The van der Waals surface area contributed by atoms with E-state index in [0.29, 0.717) is 32.6 Å². The van der Waals surface area contributed by atoms with E-state index in [0.717, 1.165) is 11.1 Å². The van der Waals surface area contributed by atoms with Crippen LogP contribution in [0.3, 0.4) is 0 Å². The first-order valence-electron chi connectivity index (χ1n) is 9.60. The van der Waals surface area contributed by atoms with E-state index in [-0.39, 0.29) is 35.2 Å². The molecule has 1 aliphatic heterocycles. The number of halogens is 1. The minimum atomic E-state index is -0.283. The molecule has 150 valence electrons. The predicted molar refractivity (Wildman–Crippen MR) is 105 cm³/mol. The lowest BCUT2D eigenvalue weighted by Crippen LogP contribution is -2.45. The number of aromatic hydroxyl groups is 2. The van der Waals surface area contributed by atoms with Gasteiger partial charge in [-0.1, -0.05) is 32.0 Å². The topological polar surface area (TPSA) is 64.0 Å². The minimum absolute atomic E-state index is 0.0331. The van der Waals surface area contributed by atoms with Crippen molar-refractivity contribution in [3.05, 3.63) is 59.4 Å². The van der Waals surface area contributed by atoms with E-state index in [1.807, 2.05) is 4.90 Å². The van der Waals surface area contributed by atoms with Crippen LogP contribution >= 0.6 is 0 Å². The van der Waals surface area contributed by atoms with Gasteiger partial charge in [-0.25, -0.2) is 4.39 Å². The van der Waals surface area contributed by atoms with Gasteiger partial charge in [-0.3, -0.25) is 9.69 Å². The average molecular weight is 386 g/mol. The van der Waals surface area contributed by atoms with Crippen molar-refractivity contribution in [2.24, 2.45) is 5.92 Å². The molecule has 2 N–H and O–H groups in total. The number of carbonyl (C=O) groups is 1. The van der Waals surface area contributed by atoms with Crippen LogP contribution in [0, 0.1) is 11.7 Å². The van der Waals surface area contributed by atoms with Gasteiger partial charge in [0.25, 0.3) is 0 Å². The summed E-state index contributed by atoms with van der Waals surface area (Å²) in [5.41, 5.74) is 1.80.